The number of nitrogens with one attached hydrogen (secondary N) is 1. The number of fused-ring (bicyclic) bond motifs is 1. The summed E-state index contributed by atoms with van der Waals surface area (Å²) in [5.41, 5.74) is 4.37. The highest BCUT2D eigenvalue weighted by Crippen LogP contribution is 2.25. The first kappa shape index (κ1) is 19.1. The predicted molar refractivity (Wildman–Crippen MR) is 115 cm³/mol. The molecule has 0 aliphatic rings. The van der Waals surface area contributed by atoms with Crippen molar-refractivity contribution in [2.45, 2.75) is 6.92 Å². The molecule has 30 heavy (non-hydrogen) atoms. The van der Waals surface area contributed by atoms with Crippen molar-refractivity contribution in [2.75, 3.05) is 0 Å². The van der Waals surface area contributed by atoms with Crippen LogP contribution in [-0.4, -0.2) is 26.8 Å². The third-order valence-electron chi connectivity index (χ3n) is 4.70. The van der Waals surface area contributed by atoms with Gasteiger partial charge in [-0.25, -0.2) is 9.99 Å². The van der Waals surface area contributed by atoms with Gasteiger partial charge in [0.05, 0.1) is 17.5 Å². The van der Waals surface area contributed by atoms with Crippen LogP contribution in [0.5, 0.6) is 5.88 Å². The van der Waals surface area contributed by atoms with E-state index in [0.29, 0.717) is 27.6 Å². The van der Waals surface area contributed by atoms with Gasteiger partial charge in [0.25, 0.3) is 11.5 Å². The number of hydrogen-bond donors (Lipinski definition) is 2. The molecule has 2 aromatic carbocycles. The summed E-state index contributed by atoms with van der Waals surface area (Å²) in [6.07, 6.45) is 4.35. The number of carbonyl (C=O) groups excluding carboxylic acids is 1. The SMILES string of the molecule is Cc1ccc(-n2c(O)c(/C=N/NC(=O)c3ccncc3)c3ccccc3c2=O)cc1. The summed E-state index contributed by atoms with van der Waals surface area (Å²) >= 11 is 0. The smallest absolute Gasteiger partial charge is 0.271 e. The fourth-order valence-corrected chi connectivity index (χ4v) is 3.15. The molecule has 0 aliphatic carbocycles. The lowest BCUT2D eigenvalue weighted by atomic mass is 10.1. The van der Waals surface area contributed by atoms with E-state index in [0.717, 1.165) is 5.56 Å². The monoisotopic (exact) mass is 398 g/mol. The van der Waals surface area contributed by atoms with E-state index in [2.05, 4.69) is 15.5 Å². The molecule has 0 fully saturated rings. The highest BCUT2D eigenvalue weighted by Gasteiger charge is 2.16. The molecule has 0 radical (unpaired) electrons. The zero-order valence-electron chi connectivity index (χ0n) is 16.1. The summed E-state index contributed by atoms with van der Waals surface area (Å²) in [6, 6.07) is 17.3. The normalized spacial score (nSPS) is 11.1. The van der Waals surface area contributed by atoms with Gasteiger partial charge in [-0.15, -0.1) is 0 Å². The van der Waals surface area contributed by atoms with Gasteiger partial charge in [0.2, 0.25) is 5.88 Å². The van der Waals surface area contributed by atoms with Crippen molar-refractivity contribution in [3.05, 3.63) is 100 Å². The number of carbonyl (C=O) groups is 1. The molecule has 4 aromatic rings. The van der Waals surface area contributed by atoms with Crippen LogP contribution in [0.1, 0.15) is 21.5 Å². The molecule has 7 heteroatoms. The van der Waals surface area contributed by atoms with E-state index in [4.69, 9.17) is 0 Å². The minimum absolute atomic E-state index is 0.260. The molecule has 0 atom stereocenters. The van der Waals surface area contributed by atoms with Crippen LogP contribution in [-0.2, 0) is 0 Å². The molecular formula is C23H18N4O3. The fraction of sp³-hybridized carbons (Fsp3) is 0.0435. The van der Waals surface area contributed by atoms with Crippen LogP contribution in [0, 0.1) is 6.92 Å². The molecule has 2 aromatic heterocycles. The summed E-state index contributed by atoms with van der Waals surface area (Å²) in [5.74, 6) is -0.672. The summed E-state index contributed by atoms with van der Waals surface area (Å²) in [7, 11) is 0. The number of aryl methyl sites for hydroxylation is 1. The standard InChI is InChI=1S/C23H18N4O3/c1-15-6-8-17(9-7-15)27-22(29)19-5-3-2-4-18(19)20(23(27)30)14-25-26-21(28)16-10-12-24-13-11-16/h2-14,30H,1H3,(H,26,28)/b25-14+. The second-order valence-electron chi connectivity index (χ2n) is 6.69. The highest BCUT2D eigenvalue weighted by molar-refractivity contribution is 6.02. The van der Waals surface area contributed by atoms with E-state index < -0.39 is 5.91 Å². The van der Waals surface area contributed by atoms with E-state index in [-0.39, 0.29) is 11.4 Å². The average Bonchev–Trinajstić information content (AvgIpc) is 2.78. The number of hydrogen-bond acceptors (Lipinski definition) is 5. The van der Waals surface area contributed by atoms with E-state index in [1.165, 1.54) is 23.2 Å². The lowest BCUT2D eigenvalue weighted by Crippen LogP contribution is -2.21. The van der Waals surface area contributed by atoms with Crippen LogP contribution in [0.15, 0.2) is 83.0 Å². The highest BCUT2D eigenvalue weighted by atomic mass is 16.3. The third-order valence-corrected chi connectivity index (χ3v) is 4.70. The van der Waals surface area contributed by atoms with Crippen molar-refractivity contribution in [1.82, 2.24) is 15.0 Å². The summed E-state index contributed by atoms with van der Waals surface area (Å²) < 4.78 is 1.23. The van der Waals surface area contributed by atoms with Gasteiger partial charge >= 0.3 is 0 Å². The minimum Gasteiger partial charge on any atom is -0.494 e. The van der Waals surface area contributed by atoms with E-state index in [1.807, 2.05) is 19.1 Å². The van der Waals surface area contributed by atoms with Gasteiger partial charge in [0, 0.05) is 28.7 Å². The molecule has 0 aliphatic heterocycles. The lowest BCUT2D eigenvalue weighted by Gasteiger charge is -2.13. The van der Waals surface area contributed by atoms with Crippen molar-refractivity contribution in [3.8, 4) is 11.6 Å². The Labute approximate surface area is 172 Å². The number of pyridine rings is 2. The topological polar surface area (TPSA) is 96.6 Å². The lowest BCUT2D eigenvalue weighted by molar-refractivity contribution is 0.0955. The molecule has 0 spiro atoms. The Morgan fingerprint density at radius 1 is 1.03 bits per heavy atom. The largest absolute Gasteiger partial charge is 0.494 e. The number of aromatic nitrogens is 2. The maximum atomic E-state index is 13.0. The Kier molecular flexibility index (Phi) is 5.09. The maximum absolute atomic E-state index is 13.0. The second-order valence-corrected chi connectivity index (χ2v) is 6.69. The quantitative estimate of drug-likeness (QED) is 0.408. The van der Waals surface area contributed by atoms with E-state index >= 15 is 0 Å². The molecule has 0 saturated heterocycles. The van der Waals surface area contributed by atoms with Crippen LogP contribution in [0.25, 0.3) is 16.5 Å². The van der Waals surface area contributed by atoms with E-state index in [9.17, 15) is 14.7 Å². The van der Waals surface area contributed by atoms with Gasteiger partial charge in [-0.2, -0.15) is 5.10 Å². The van der Waals surface area contributed by atoms with Gasteiger partial charge < -0.3 is 5.11 Å². The molecule has 2 heterocycles. The average molecular weight is 398 g/mol. The second kappa shape index (κ2) is 8.00. The van der Waals surface area contributed by atoms with Crippen molar-refractivity contribution in [3.63, 3.8) is 0 Å². The number of rotatable bonds is 4. The number of hydrazone groups is 1. The third kappa shape index (κ3) is 3.56. The Morgan fingerprint density at radius 3 is 2.40 bits per heavy atom. The summed E-state index contributed by atoms with van der Waals surface area (Å²) in [6.45, 7) is 1.94. The molecule has 1 amide bonds. The number of benzene rings is 2. The number of nitrogens with zero attached hydrogens (tertiary/aromatic N) is 3. The maximum Gasteiger partial charge on any atom is 0.271 e. The van der Waals surface area contributed by atoms with Gasteiger partial charge in [0.15, 0.2) is 0 Å². The first-order valence-electron chi connectivity index (χ1n) is 9.23. The molecule has 0 bridgehead atoms. The first-order chi connectivity index (χ1) is 14.6. The zero-order valence-corrected chi connectivity index (χ0v) is 16.1. The van der Waals surface area contributed by atoms with Crippen molar-refractivity contribution >= 4 is 22.9 Å². The molecule has 4 rings (SSSR count). The first-order valence-corrected chi connectivity index (χ1v) is 9.23. The van der Waals surface area contributed by atoms with Crippen LogP contribution < -0.4 is 11.0 Å². The minimum atomic E-state index is -0.413. The molecule has 0 unspecified atom stereocenters. The summed E-state index contributed by atoms with van der Waals surface area (Å²) in [4.78, 5) is 29.1. The van der Waals surface area contributed by atoms with Crippen LogP contribution in [0.3, 0.4) is 0 Å². The molecule has 7 nitrogen and oxygen atoms in total. The number of aromatic hydroxyl groups is 1. The van der Waals surface area contributed by atoms with Gasteiger partial charge in [-0.1, -0.05) is 35.9 Å². The fourth-order valence-electron chi connectivity index (χ4n) is 3.15. The Hall–Kier alpha value is -4.26. The molecular weight excluding hydrogens is 380 g/mol. The Balaban J connectivity index is 1.80. The predicted octanol–water partition coefficient (Wildman–Crippen LogP) is 3.16. The van der Waals surface area contributed by atoms with Gasteiger partial charge in [-0.3, -0.25) is 14.6 Å². The molecule has 2 N–H and O–H groups in total. The van der Waals surface area contributed by atoms with Crippen LogP contribution in [0.2, 0.25) is 0 Å². The molecule has 0 saturated carbocycles. The van der Waals surface area contributed by atoms with Crippen LogP contribution in [0.4, 0.5) is 0 Å². The molecule has 148 valence electrons. The van der Waals surface area contributed by atoms with Crippen molar-refractivity contribution < 1.29 is 9.90 Å². The van der Waals surface area contributed by atoms with E-state index in [1.54, 1.807) is 48.5 Å². The van der Waals surface area contributed by atoms with Gasteiger partial charge in [-0.05, 0) is 37.3 Å². The van der Waals surface area contributed by atoms with Crippen molar-refractivity contribution in [2.24, 2.45) is 5.10 Å². The number of amides is 1. The Morgan fingerprint density at radius 2 is 1.70 bits per heavy atom. The Bertz CT molecular complexity index is 1310. The summed E-state index contributed by atoms with van der Waals surface area (Å²) in [5, 5.41) is 15.9. The van der Waals surface area contributed by atoms with Crippen LogP contribution >= 0.6 is 0 Å². The van der Waals surface area contributed by atoms with Gasteiger partial charge in [0.1, 0.15) is 0 Å². The zero-order chi connectivity index (χ0) is 21.1. The van der Waals surface area contributed by atoms with Crippen molar-refractivity contribution in [1.29, 1.82) is 0 Å².